The highest BCUT2D eigenvalue weighted by Crippen LogP contribution is 2.58. The van der Waals surface area contributed by atoms with Gasteiger partial charge in [0.05, 0.1) is 32.4 Å². The molecular formula is C21H26ClFN8O10P2S2. The highest BCUT2D eigenvalue weighted by atomic mass is 35.5. The molecule has 0 aliphatic carbocycles. The SMILES string of the molecule is Nc1ncnc2c1ncn2[C@@H]1O[C@@H]2COP(=O)(S)O[C@@H]3[C@H](O)[C@@H](COP(O)(=S)O[C@H]2[C@H]1F)O[C@H]3N1C=C(Cl)C2C(=O)NCNC21. The largest absolute Gasteiger partial charge is 0.387 e. The number of alkyl halides is 1. The quantitative estimate of drug-likeness (QED) is 0.174. The average Bonchev–Trinajstić information content (AvgIpc) is 3.71. The average molecular weight is 731 g/mol. The van der Waals surface area contributed by atoms with E-state index in [-0.39, 0.29) is 34.6 Å². The minimum Gasteiger partial charge on any atom is -0.387 e. The van der Waals surface area contributed by atoms with Gasteiger partial charge in [-0.25, -0.2) is 23.9 Å². The van der Waals surface area contributed by atoms with Crippen LogP contribution in [0.3, 0.4) is 0 Å². The Balaban J connectivity index is 1.17. The van der Waals surface area contributed by atoms with Gasteiger partial charge in [0.1, 0.15) is 48.3 Å². The number of aromatic nitrogens is 4. The lowest BCUT2D eigenvalue weighted by molar-refractivity contribution is -0.132. The Kier molecular flexibility index (Phi) is 8.43. The van der Waals surface area contributed by atoms with Crippen molar-refractivity contribution < 1.29 is 51.3 Å². The van der Waals surface area contributed by atoms with Crippen molar-refractivity contribution in [1.82, 2.24) is 35.1 Å². The Hall–Kier alpha value is -1.55. The number of nitrogen functional groups attached to an aromatic ring is 1. The van der Waals surface area contributed by atoms with Gasteiger partial charge < -0.3 is 39.9 Å². The van der Waals surface area contributed by atoms with Crippen LogP contribution in [0.25, 0.3) is 11.2 Å². The maximum absolute atomic E-state index is 16.0. The number of hydrogen-bond acceptors (Lipinski definition) is 16. The van der Waals surface area contributed by atoms with E-state index in [1.807, 2.05) is 0 Å². The molecule has 24 heteroatoms. The van der Waals surface area contributed by atoms with E-state index in [1.165, 1.54) is 28.3 Å². The number of nitrogens with one attached hydrogen (secondary N) is 2. The molecule has 0 spiro atoms. The number of nitrogens with two attached hydrogens (primary N) is 1. The lowest BCUT2D eigenvalue weighted by Crippen LogP contribution is -2.61. The van der Waals surface area contributed by atoms with Crippen molar-refractivity contribution in [2.75, 3.05) is 25.6 Å². The molecule has 0 saturated carbocycles. The van der Waals surface area contributed by atoms with Crippen molar-refractivity contribution in [3.05, 3.63) is 23.9 Å². The molecule has 5 aliphatic rings. The Labute approximate surface area is 268 Å². The molecule has 246 valence electrons. The van der Waals surface area contributed by atoms with Crippen LogP contribution in [0.5, 0.6) is 0 Å². The summed E-state index contributed by atoms with van der Waals surface area (Å²) in [5.74, 6) is -1.08. The molecule has 4 unspecified atom stereocenters. The Bertz CT molecular complexity index is 1650. The lowest BCUT2D eigenvalue weighted by Gasteiger charge is -2.38. The predicted octanol–water partition coefficient (Wildman–Crippen LogP) is -0.183. The van der Waals surface area contributed by atoms with Crippen LogP contribution in [0.2, 0.25) is 0 Å². The van der Waals surface area contributed by atoms with Gasteiger partial charge in [0.2, 0.25) is 5.91 Å². The zero-order valence-electron chi connectivity index (χ0n) is 22.6. The third kappa shape index (κ3) is 5.80. The molecule has 0 aromatic carbocycles. The normalized spacial score (nSPS) is 44.0. The van der Waals surface area contributed by atoms with E-state index in [2.05, 4.69) is 37.8 Å². The van der Waals surface area contributed by atoms with Gasteiger partial charge in [0.15, 0.2) is 30.1 Å². The van der Waals surface area contributed by atoms with Gasteiger partial charge in [-0.15, -0.1) is 0 Å². The summed E-state index contributed by atoms with van der Waals surface area (Å²) in [4.78, 5) is 37.0. The van der Waals surface area contributed by atoms with Crippen molar-refractivity contribution in [2.45, 2.75) is 55.3 Å². The number of hydrogen-bond donors (Lipinski definition) is 6. The minimum absolute atomic E-state index is 0.0591. The van der Waals surface area contributed by atoms with Gasteiger partial charge in [-0.1, -0.05) is 23.8 Å². The van der Waals surface area contributed by atoms with E-state index in [1.54, 1.807) is 0 Å². The number of fused-ring (bicyclic) bond motifs is 5. The molecule has 4 saturated heterocycles. The van der Waals surface area contributed by atoms with E-state index in [4.69, 9.17) is 56.7 Å². The molecule has 4 fully saturated rings. The lowest BCUT2D eigenvalue weighted by atomic mass is 10.0. The third-order valence-corrected chi connectivity index (χ3v) is 11.4. The van der Waals surface area contributed by atoms with Gasteiger partial charge in [-0.05, 0) is 11.8 Å². The van der Waals surface area contributed by atoms with Crippen LogP contribution in [0.1, 0.15) is 6.23 Å². The van der Waals surface area contributed by atoms with Gasteiger partial charge >= 0.3 is 13.5 Å². The monoisotopic (exact) mass is 730 g/mol. The highest BCUT2D eigenvalue weighted by molar-refractivity contribution is 8.44. The number of ether oxygens (including phenoxy) is 2. The number of anilines is 1. The molecule has 18 nitrogen and oxygen atoms in total. The second-order valence-electron chi connectivity index (χ2n) is 10.6. The van der Waals surface area contributed by atoms with E-state index in [0.29, 0.717) is 0 Å². The molecule has 45 heavy (non-hydrogen) atoms. The summed E-state index contributed by atoms with van der Waals surface area (Å²) in [6.45, 7) is -9.65. The molecule has 0 radical (unpaired) electrons. The first-order valence-corrected chi connectivity index (χ1v) is 19.0. The summed E-state index contributed by atoms with van der Waals surface area (Å²) < 4.78 is 65.1. The minimum atomic E-state index is -4.36. The summed E-state index contributed by atoms with van der Waals surface area (Å²) in [6, 6.07) is 0. The molecule has 2 aromatic heterocycles. The summed E-state index contributed by atoms with van der Waals surface area (Å²) >= 11 is 15.6. The molecule has 1 amide bonds. The molecule has 7 heterocycles. The fourth-order valence-corrected chi connectivity index (χ4v) is 9.08. The van der Waals surface area contributed by atoms with Crippen LogP contribution < -0.4 is 16.4 Å². The van der Waals surface area contributed by atoms with Gasteiger partial charge in [0, 0.05) is 11.2 Å². The zero-order chi connectivity index (χ0) is 31.8. The zero-order valence-corrected chi connectivity index (χ0v) is 26.9. The maximum atomic E-state index is 16.0. The van der Waals surface area contributed by atoms with Gasteiger partial charge in [-0.3, -0.25) is 28.2 Å². The van der Waals surface area contributed by atoms with Gasteiger partial charge in [0.25, 0.3) is 0 Å². The number of nitrogens with zero attached hydrogens (tertiary/aromatic N) is 5. The number of halogens is 2. The molecule has 2 aromatic rings. The number of rotatable bonds is 2. The second kappa shape index (κ2) is 11.9. The van der Waals surface area contributed by atoms with Crippen molar-refractivity contribution in [1.29, 1.82) is 0 Å². The van der Waals surface area contributed by atoms with Gasteiger partial charge in [-0.2, -0.15) is 0 Å². The summed E-state index contributed by atoms with van der Waals surface area (Å²) in [5, 5.41) is 17.1. The summed E-state index contributed by atoms with van der Waals surface area (Å²) in [7, 11) is 0. The fraction of sp³-hybridized carbons (Fsp3) is 0.619. The summed E-state index contributed by atoms with van der Waals surface area (Å²) in [5.41, 5.74) is 6.21. The molecular weight excluding hydrogens is 705 g/mol. The van der Waals surface area contributed by atoms with Crippen LogP contribution in [-0.2, 0) is 48.7 Å². The Morgan fingerprint density at radius 1 is 1.16 bits per heavy atom. The first kappa shape index (κ1) is 32.0. The second-order valence-corrected chi connectivity index (χ2v) is 16.7. The number of carbonyl (C=O) groups excluding carboxylic acids is 1. The van der Waals surface area contributed by atoms with Crippen LogP contribution in [0, 0.1) is 5.92 Å². The molecule has 5 aliphatic heterocycles. The Morgan fingerprint density at radius 2 is 1.91 bits per heavy atom. The van der Waals surface area contributed by atoms with Crippen molar-refractivity contribution in [3.63, 3.8) is 0 Å². The maximum Gasteiger partial charge on any atom is 0.386 e. The topological polar surface area (TPSA) is 227 Å². The first-order valence-electron chi connectivity index (χ1n) is 13.4. The number of thiol groups is 1. The van der Waals surface area contributed by atoms with E-state index in [9.17, 15) is 19.4 Å². The number of imidazole rings is 1. The molecule has 2 bridgehead atoms. The van der Waals surface area contributed by atoms with Crippen LogP contribution >= 0.6 is 37.4 Å². The van der Waals surface area contributed by atoms with Crippen molar-refractivity contribution in [3.8, 4) is 0 Å². The van der Waals surface area contributed by atoms with E-state index < -0.39 is 88.0 Å². The number of aliphatic hydroxyl groups is 1. The molecule has 6 N–H and O–H groups in total. The fourth-order valence-electron chi connectivity index (χ4n) is 5.85. The first-order chi connectivity index (χ1) is 21.3. The van der Waals surface area contributed by atoms with Crippen LogP contribution in [-0.4, -0.2) is 109 Å². The highest BCUT2D eigenvalue weighted by Gasteiger charge is 2.56. The molecule has 12 atom stereocenters. The van der Waals surface area contributed by atoms with E-state index >= 15 is 4.39 Å². The standard InChI is InChI=1S/C21H26ClFN8O10P2S2/c22-7-1-30(17-10(7)19(33)28-5-26-17)21-15-13(32)8(38-21)2-36-42(34,44)40-14-9(3-37-43(35,45)41-15)39-20(11(14)23)31-6-29-12-16(24)25-4-27-18(12)31/h1,4,6,8-11,13-15,17,20-21,26,32H,2-3,5H2,(H,28,33)(H,34,44)(H,35,45)(H2,24,25,27)/t8-,9-,10?,11-,13-,14-,15-,17?,20-,21-,42?,43?/m1/s1. The Morgan fingerprint density at radius 3 is 2.71 bits per heavy atom. The van der Waals surface area contributed by atoms with Crippen LogP contribution in [0.15, 0.2) is 23.9 Å². The number of amides is 1. The summed E-state index contributed by atoms with van der Waals surface area (Å²) in [6.07, 6.45) is -8.56. The predicted molar refractivity (Wildman–Crippen MR) is 157 cm³/mol. The van der Waals surface area contributed by atoms with Crippen molar-refractivity contribution >= 4 is 72.1 Å². The van der Waals surface area contributed by atoms with E-state index in [0.717, 1.165) is 0 Å². The smallest absolute Gasteiger partial charge is 0.386 e. The number of carbonyl (C=O) groups is 1. The third-order valence-electron chi connectivity index (χ3n) is 7.91. The van der Waals surface area contributed by atoms with Crippen LogP contribution in [0.4, 0.5) is 10.2 Å². The number of aliphatic hydroxyl groups excluding tert-OH is 1. The van der Waals surface area contributed by atoms with Crippen molar-refractivity contribution in [2.24, 2.45) is 5.92 Å². The molecule has 7 rings (SSSR count).